The van der Waals surface area contributed by atoms with Gasteiger partial charge in [0.05, 0.1) is 19.2 Å². The van der Waals surface area contributed by atoms with Gasteiger partial charge in [0.2, 0.25) is 5.91 Å². The fraction of sp³-hybridized carbons (Fsp3) is 0.385. The highest BCUT2D eigenvalue weighted by Gasteiger charge is 2.19. The highest BCUT2D eigenvalue weighted by molar-refractivity contribution is 5.78. The average Bonchev–Trinajstić information content (AvgIpc) is 3.38. The second kappa shape index (κ2) is 11.5. The van der Waals surface area contributed by atoms with E-state index < -0.39 is 0 Å². The molecule has 1 amide bonds. The van der Waals surface area contributed by atoms with Gasteiger partial charge in [0.15, 0.2) is 0 Å². The third-order valence-corrected chi connectivity index (χ3v) is 6.13. The van der Waals surface area contributed by atoms with Crippen molar-refractivity contribution in [3.8, 4) is 5.75 Å². The van der Waals surface area contributed by atoms with Crippen molar-refractivity contribution in [3.63, 3.8) is 0 Å². The predicted octanol–water partition coefficient (Wildman–Crippen LogP) is 3.34. The second-order valence-corrected chi connectivity index (χ2v) is 8.39. The molecule has 1 aliphatic rings. The van der Waals surface area contributed by atoms with Crippen LogP contribution in [0.1, 0.15) is 29.7 Å². The van der Waals surface area contributed by atoms with E-state index in [1.54, 1.807) is 13.4 Å². The quantitative estimate of drug-likeness (QED) is 0.495. The number of rotatable bonds is 10. The summed E-state index contributed by atoms with van der Waals surface area (Å²) in [5.41, 5.74) is 4.28. The number of benzene rings is 2. The standard InChI is InChI=1S/C26H32N4O3/c1-32-25-5-3-2-4-21(25)10-14-27-26(31)18-20-6-8-24(9-7-20)30-15-11-22(12-16-30)28-19-23-13-17-33-29-23/h2-9,13,17,22,28H,10-12,14-16,18-19H2,1H3,(H,27,31). The van der Waals surface area contributed by atoms with E-state index in [0.717, 1.165) is 61.5 Å². The van der Waals surface area contributed by atoms with Crippen LogP contribution in [0.25, 0.3) is 0 Å². The summed E-state index contributed by atoms with van der Waals surface area (Å²) in [5, 5.41) is 10.5. The minimum Gasteiger partial charge on any atom is -0.496 e. The van der Waals surface area contributed by atoms with Crippen molar-refractivity contribution in [2.24, 2.45) is 0 Å². The van der Waals surface area contributed by atoms with Crippen LogP contribution in [-0.4, -0.2) is 43.8 Å². The molecule has 0 radical (unpaired) electrons. The molecule has 0 unspecified atom stereocenters. The summed E-state index contributed by atoms with van der Waals surface area (Å²) in [6, 6.07) is 18.7. The van der Waals surface area contributed by atoms with Crippen molar-refractivity contribution in [2.45, 2.75) is 38.3 Å². The van der Waals surface area contributed by atoms with Gasteiger partial charge in [0, 0.05) is 44.0 Å². The van der Waals surface area contributed by atoms with E-state index in [4.69, 9.17) is 9.26 Å². The Bertz CT molecular complexity index is 997. The molecule has 174 valence electrons. The molecule has 1 aromatic heterocycles. The molecule has 33 heavy (non-hydrogen) atoms. The molecule has 2 heterocycles. The zero-order chi connectivity index (χ0) is 22.9. The van der Waals surface area contributed by atoms with Crippen LogP contribution in [0.2, 0.25) is 0 Å². The largest absolute Gasteiger partial charge is 0.496 e. The molecule has 0 atom stereocenters. The van der Waals surface area contributed by atoms with Crippen LogP contribution in [-0.2, 0) is 24.2 Å². The van der Waals surface area contributed by atoms with Gasteiger partial charge in [-0.1, -0.05) is 35.5 Å². The number of aromatic nitrogens is 1. The first-order valence-corrected chi connectivity index (χ1v) is 11.6. The topological polar surface area (TPSA) is 79.6 Å². The van der Waals surface area contributed by atoms with Crippen LogP contribution in [0.15, 0.2) is 65.4 Å². The Labute approximate surface area is 195 Å². The lowest BCUT2D eigenvalue weighted by Crippen LogP contribution is -2.42. The lowest BCUT2D eigenvalue weighted by molar-refractivity contribution is -0.120. The zero-order valence-electron chi connectivity index (χ0n) is 19.1. The summed E-state index contributed by atoms with van der Waals surface area (Å²) < 4.78 is 10.2. The predicted molar refractivity (Wildman–Crippen MR) is 128 cm³/mol. The Morgan fingerprint density at radius 3 is 2.64 bits per heavy atom. The maximum Gasteiger partial charge on any atom is 0.224 e. The summed E-state index contributed by atoms with van der Waals surface area (Å²) in [6.45, 7) is 3.37. The van der Waals surface area contributed by atoms with Gasteiger partial charge in [-0.15, -0.1) is 0 Å². The SMILES string of the molecule is COc1ccccc1CCNC(=O)Cc1ccc(N2CCC(NCc3ccon3)CC2)cc1. The van der Waals surface area contributed by atoms with Gasteiger partial charge in [0.1, 0.15) is 12.0 Å². The molecule has 2 aromatic carbocycles. The van der Waals surface area contributed by atoms with E-state index in [1.165, 1.54) is 5.69 Å². The number of carbonyl (C=O) groups excluding carboxylic acids is 1. The van der Waals surface area contributed by atoms with Crippen LogP contribution in [0, 0.1) is 0 Å². The minimum atomic E-state index is 0.0386. The molecule has 4 rings (SSSR count). The van der Waals surface area contributed by atoms with Gasteiger partial charge >= 0.3 is 0 Å². The lowest BCUT2D eigenvalue weighted by atomic mass is 10.0. The molecule has 2 N–H and O–H groups in total. The summed E-state index contributed by atoms with van der Waals surface area (Å²) >= 11 is 0. The van der Waals surface area contributed by atoms with E-state index in [1.807, 2.05) is 30.3 Å². The Balaban J connectivity index is 1.18. The third kappa shape index (κ3) is 6.58. The third-order valence-electron chi connectivity index (χ3n) is 6.13. The second-order valence-electron chi connectivity index (χ2n) is 8.39. The van der Waals surface area contributed by atoms with Crippen molar-refractivity contribution in [2.75, 3.05) is 31.6 Å². The molecule has 1 saturated heterocycles. The van der Waals surface area contributed by atoms with E-state index >= 15 is 0 Å². The summed E-state index contributed by atoms with van der Waals surface area (Å²) in [4.78, 5) is 14.8. The number of ether oxygens (including phenoxy) is 1. The summed E-state index contributed by atoms with van der Waals surface area (Å²) in [6.07, 6.45) is 4.93. The van der Waals surface area contributed by atoms with Gasteiger partial charge in [-0.2, -0.15) is 0 Å². The van der Waals surface area contributed by atoms with Crippen LogP contribution in [0.5, 0.6) is 5.75 Å². The van der Waals surface area contributed by atoms with Crippen LogP contribution >= 0.6 is 0 Å². The highest BCUT2D eigenvalue weighted by atomic mass is 16.5. The van der Waals surface area contributed by atoms with Crippen LogP contribution in [0.4, 0.5) is 5.69 Å². The monoisotopic (exact) mass is 448 g/mol. The van der Waals surface area contributed by atoms with Crippen molar-refractivity contribution in [1.82, 2.24) is 15.8 Å². The Morgan fingerprint density at radius 2 is 1.91 bits per heavy atom. The number of nitrogens with one attached hydrogen (secondary N) is 2. The number of anilines is 1. The number of para-hydroxylation sites is 1. The Kier molecular flexibility index (Phi) is 7.98. The minimum absolute atomic E-state index is 0.0386. The molecule has 0 bridgehead atoms. The van der Waals surface area contributed by atoms with E-state index in [9.17, 15) is 4.79 Å². The number of piperidine rings is 1. The van der Waals surface area contributed by atoms with E-state index in [0.29, 0.717) is 19.0 Å². The fourth-order valence-electron chi connectivity index (χ4n) is 4.24. The molecule has 0 saturated carbocycles. The fourth-order valence-corrected chi connectivity index (χ4v) is 4.24. The maximum atomic E-state index is 12.4. The molecule has 1 fully saturated rings. The maximum absolute atomic E-state index is 12.4. The van der Waals surface area contributed by atoms with Gasteiger partial charge in [-0.25, -0.2) is 0 Å². The van der Waals surface area contributed by atoms with Gasteiger partial charge in [-0.05, 0) is 48.6 Å². The number of methoxy groups -OCH3 is 1. The van der Waals surface area contributed by atoms with Crippen molar-refractivity contribution in [1.29, 1.82) is 0 Å². The van der Waals surface area contributed by atoms with Crippen molar-refractivity contribution in [3.05, 3.63) is 77.7 Å². The first kappa shape index (κ1) is 22.9. The molecule has 7 nitrogen and oxygen atoms in total. The summed E-state index contributed by atoms with van der Waals surface area (Å²) in [7, 11) is 1.67. The number of hydrogen-bond donors (Lipinski definition) is 2. The number of hydrogen-bond acceptors (Lipinski definition) is 6. The normalized spacial score (nSPS) is 14.3. The number of amides is 1. The zero-order valence-corrected chi connectivity index (χ0v) is 19.1. The van der Waals surface area contributed by atoms with Gasteiger partial charge in [0.25, 0.3) is 0 Å². The first-order valence-electron chi connectivity index (χ1n) is 11.6. The average molecular weight is 449 g/mol. The lowest BCUT2D eigenvalue weighted by Gasteiger charge is -2.34. The van der Waals surface area contributed by atoms with Crippen LogP contribution in [0.3, 0.4) is 0 Å². The van der Waals surface area contributed by atoms with Crippen molar-refractivity contribution >= 4 is 11.6 Å². The van der Waals surface area contributed by atoms with Crippen molar-refractivity contribution < 1.29 is 14.1 Å². The first-order chi connectivity index (χ1) is 16.2. The Morgan fingerprint density at radius 1 is 1.12 bits per heavy atom. The number of nitrogens with zero attached hydrogens (tertiary/aromatic N) is 2. The molecule has 3 aromatic rings. The molecule has 0 aliphatic carbocycles. The van der Waals surface area contributed by atoms with Crippen LogP contribution < -0.4 is 20.3 Å². The Hall–Kier alpha value is -3.32. The molecule has 1 aliphatic heterocycles. The smallest absolute Gasteiger partial charge is 0.224 e. The van der Waals surface area contributed by atoms with E-state index in [-0.39, 0.29) is 5.91 Å². The van der Waals surface area contributed by atoms with E-state index in [2.05, 4.69) is 45.0 Å². The highest BCUT2D eigenvalue weighted by Crippen LogP contribution is 2.21. The molecule has 7 heteroatoms. The summed E-state index contributed by atoms with van der Waals surface area (Å²) in [5.74, 6) is 0.897. The van der Waals surface area contributed by atoms with Gasteiger partial charge in [-0.3, -0.25) is 4.79 Å². The van der Waals surface area contributed by atoms with Gasteiger partial charge < -0.3 is 24.8 Å². The number of carbonyl (C=O) groups is 1. The molecular formula is C26H32N4O3. The molecular weight excluding hydrogens is 416 g/mol. The molecule has 0 spiro atoms.